The third-order valence-corrected chi connectivity index (χ3v) is 6.49. The molecule has 0 amide bonds. The van der Waals surface area contributed by atoms with Crippen LogP contribution in [0.5, 0.6) is 11.5 Å². The molecule has 0 aliphatic carbocycles. The highest BCUT2D eigenvalue weighted by atomic mass is 19.3. The summed E-state index contributed by atoms with van der Waals surface area (Å²) in [5.74, 6) is -1.04. The van der Waals surface area contributed by atoms with Gasteiger partial charge in [0.1, 0.15) is 0 Å². The normalized spacial score (nSPS) is 17.7. The van der Waals surface area contributed by atoms with E-state index in [0.717, 1.165) is 42.7 Å². The number of alkyl halides is 2. The van der Waals surface area contributed by atoms with Crippen LogP contribution in [0.1, 0.15) is 57.4 Å². The molecule has 2 heterocycles. The Morgan fingerprint density at radius 1 is 1.14 bits per heavy atom. The molecule has 2 aromatic rings. The SMILES string of the molecule is CCCN(c1ccc(C(CC)CC(=O)O)cc1Nc1ccc2c(c1)OC(F)(F)O2)C1CCOCC1. The third-order valence-electron chi connectivity index (χ3n) is 6.49. The Balaban J connectivity index is 1.71. The first-order valence-electron chi connectivity index (χ1n) is 12.2. The van der Waals surface area contributed by atoms with E-state index < -0.39 is 12.3 Å². The van der Waals surface area contributed by atoms with Crippen molar-refractivity contribution in [1.82, 2.24) is 0 Å². The summed E-state index contributed by atoms with van der Waals surface area (Å²) in [5.41, 5.74) is 3.25. The number of nitrogens with one attached hydrogen (secondary N) is 1. The van der Waals surface area contributed by atoms with Crippen molar-refractivity contribution in [3.63, 3.8) is 0 Å². The van der Waals surface area contributed by atoms with Gasteiger partial charge in [0.25, 0.3) is 0 Å². The van der Waals surface area contributed by atoms with E-state index in [-0.39, 0.29) is 23.8 Å². The zero-order valence-electron chi connectivity index (χ0n) is 20.1. The number of benzene rings is 2. The molecule has 1 unspecified atom stereocenters. The number of aliphatic carboxylic acids is 1. The molecule has 2 aliphatic heterocycles. The molecule has 2 aliphatic rings. The number of rotatable bonds is 10. The van der Waals surface area contributed by atoms with E-state index in [1.807, 2.05) is 25.1 Å². The zero-order chi connectivity index (χ0) is 25.0. The molecule has 4 rings (SSSR count). The molecule has 190 valence electrons. The van der Waals surface area contributed by atoms with Gasteiger partial charge in [0, 0.05) is 37.6 Å². The molecule has 0 spiro atoms. The smallest absolute Gasteiger partial charge is 0.481 e. The van der Waals surface area contributed by atoms with Gasteiger partial charge in [-0.05, 0) is 61.4 Å². The van der Waals surface area contributed by atoms with Crippen LogP contribution < -0.4 is 19.7 Å². The molecule has 35 heavy (non-hydrogen) atoms. The number of ether oxygens (including phenoxy) is 3. The Morgan fingerprint density at radius 2 is 1.89 bits per heavy atom. The number of carbonyl (C=O) groups is 1. The van der Waals surface area contributed by atoms with E-state index in [4.69, 9.17) is 4.74 Å². The van der Waals surface area contributed by atoms with Crippen LogP contribution in [-0.2, 0) is 9.53 Å². The highest BCUT2D eigenvalue weighted by Gasteiger charge is 2.43. The fourth-order valence-corrected chi connectivity index (χ4v) is 4.79. The highest BCUT2D eigenvalue weighted by Crippen LogP contribution is 2.43. The molecular weight excluding hydrogens is 458 g/mol. The minimum Gasteiger partial charge on any atom is -0.481 e. The molecule has 2 aromatic carbocycles. The van der Waals surface area contributed by atoms with Gasteiger partial charge in [-0.3, -0.25) is 4.79 Å². The van der Waals surface area contributed by atoms with Gasteiger partial charge in [0.15, 0.2) is 11.5 Å². The fourth-order valence-electron chi connectivity index (χ4n) is 4.79. The van der Waals surface area contributed by atoms with Crippen molar-refractivity contribution in [1.29, 1.82) is 0 Å². The standard InChI is InChI=1S/C26H32F2N2O5/c1-3-11-30(20-9-12-33-13-10-20)22-7-5-18(17(4-2)15-25(31)32)14-21(22)29-19-6-8-23-24(16-19)35-26(27,28)34-23/h5-8,14,16-17,20,29H,3-4,9-13,15H2,1-2H3,(H,31,32). The van der Waals surface area contributed by atoms with E-state index in [2.05, 4.69) is 26.6 Å². The van der Waals surface area contributed by atoms with Gasteiger partial charge in [0.05, 0.1) is 17.8 Å². The lowest BCUT2D eigenvalue weighted by molar-refractivity contribution is -0.286. The quantitative estimate of drug-likeness (QED) is 0.416. The summed E-state index contributed by atoms with van der Waals surface area (Å²) in [7, 11) is 0. The van der Waals surface area contributed by atoms with Gasteiger partial charge < -0.3 is 29.5 Å². The first-order chi connectivity index (χ1) is 16.8. The van der Waals surface area contributed by atoms with Crippen molar-refractivity contribution in [2.45, 2.75) is 64.2 Å². The van der Waals surface area contributed by atoms with E-state index in [1.165, 1.54) is 12.1 Å². The summed E-state index contributed by atoms with van der Waals surface area (Å²) >= 11 is 0. The van der Waals surface area contributed by atoms with Gasteiger partial charge in [-0.2, -0.15) is 0 Å². The van der Waals surface area contributed by atoms with Crippen LogP contribution in [-0.4, -0.2) is 43.2 Å². The molecular formula is C26H32F2N2O5. The maximum atomic E-state index is 13.5. The van der Waals surface area contributed by atoms with Crippen LogP contribution in [0.3, 0.4) is 0 Å². The minimum atomic E-state index is -3.68. The molecule has 1 atom stereocenters. The summed E-state index contributed by atoms with van der Waals surface area (Å²) in [6, 6.07) is 10.9. The molecule has 0 saturated carbocycles. The summed E-state index contributed by atoms with van der Waals surface area (Å²) in [5, 5.41) is 12.8. The van der Waals surface area contributed by atoms with Crippen LogP contribution in [0.2, 0.25) is 0 Å². The van der Waals surface area contributed by atoms with Crippen molar-refractivity contribution in [2.75, 3.05) is 30.0 Å². The topological polar surface area (TPSA) is 80.3 Å². The number of hydrogen-bond donors (Lipinski definition) is 2. The first kappa shape index (κ1) is 25.0. The summed E-state index contributed by atoms with van der Waals surface area (Å²) in [6.45, 7) is 6.36. The Morgan fingerprint density at radius 3 is 2.57 bits per heavy atom. The van der Waals surface area contributed by atoms with Crippen LogP contribution in [0, 0.1) is 0 Å². The van der Waals surface area contributed by atoms with E-state index in [1.54, 1.807) is 6.07 Å². The predicted molar refractivity (Wildman–Crippen MR) is 129 cm³/mol. The van der Waals surface area contributed by atoms with Gasteiger partial charge in [-0.1, -0.05) is 19.9 Å². The molecule has 1 saturated heterocycles. The number of nitrogens with zero attached hydrogens (tertiary/aromatic N) is 1. The van der Waals surface area contributed by atoms with E-state index in [0.29, 0.717) is 31.4 Å². The van der Waals surface area contributed by atoms with Crippen LogP contribution >= 0.6 is 0 Å². The van der Waals surface area contributed by atoms with Crippen molar-refractivity contribution < 1.29 is 32.9 Å². The van der Waals surface area contributed by atoms with Crippen LogP contribution in [0.15, 0.2) is 36.4 Å². The Hall–Kier alpha value is -3.07. The first-order valence-corrected chi connectivity index (χ1v) is 12.2. The number of anilines is 3. The monoisotopic (exact) mass is 490 g/mol. The predicted octanol–water partition coefficient (Wildman–Crippen LogP) is 6.12. The average Bonchev–Trinajstić information content (AvgIpc) is 3.14. The van der Waals surface area contributed by atoms with E-state index >= 15 is 0 Å². The van der Waals surface area contributed by atoms with Crippen molar-refractivity contribution in [3.05, 3.63) is 42.0 Å². The van der Waals surface area contributed by atoms with Gasteiger partial charge >= 0.3 is 12.3 Å². The summed E-state index contributed by atoms with van der Waals surface area (Å²) < 4.78 is 41.7. The largest absolute Gasteiger partial charge is 0.586 e. The Kier molecular flexibility index (Phi) is 7.64. The number of carboxylic acids is 1. The van der Waals surface area contributed by atoms with Crippen LogP contribution in [0.25, 0.3) is 0 Å². The highest BCUT2D eigenvalue weighted by molar-refractivity contribution is 5.78. The van der Waals surface area contributed by atoms with Crippen molar-refractivity contribution in [2.24, 2.45) is 0 Å². The van der Waals surface area contributed by atoms with Gasteiger partial charge in [-0.25, -0.2) is 0 Å². The number of hydrogen-bond acceptors (Lipinski definition) is 6. The lowest BCUT2D eigenvalue weighted by atomic mass is 9.92. The summed E-state index contributed by atoms with van der Waals surface area (Å²) in [4.78, 5) is 13.8. The fraction of sp³-hybridized carbons (Fsp3) is 0.500. The molecule has 7 nitrogen and oxygen atoms in total. The second-order valence-electron chi connectivity index (χ2n) is 8.97. The molecule has 0 radical (unpaired) electrons. The van der Waals surface area contributed by atoms with Gasteiger partial charge in [0.2, 0.25) is 0 Å². The Labute approximate surface area is 204 Å². The number of carboxylic acid groups (broad SMARTS) is 1. The zero-order valence-corrected chi connectivity index (χ0v) is 20.1. The molecule has 0 aromatic heterocycles. The number of fused-ring (bicyclic) bond motifs is 1. The molecule has 1 fully saturated rings. The number of halogens is 2. The molecule has 0 bridgehead atoms. The third kappa shape index (κ3) is 5.96. The lowest BCUT2D eigenvalue weighted by Gasteiger charge is -2.37. The second-order valence-corrected chi connectivity index (χ2v) is 8.97. The lowest BCUT2D eigenvalue weighted by Crippen LogP contribution is -2.40. The van der Waals surface area contributed by atoms with Crippen LogP contribution in [0.4, 0.5) is 25.8 Å². The summed E-state index contributed by atoms with van der Waals surface area (Å²) in [6.07, 6.45) is -0.184. The average molecular weight is 491 g/mol. The maximum absolute atomic E-state index is 13.5. The van der Waals surface area contributed by atoms with Crippen molar-refractivity contribution >= 4 is 23.0 Å². The second kappa shape index (κ2) is 10.7. The van der Waals surface area contributed by atoms with Crippen molar-refractivity contribution in [3.8, 4) is 11.5 Å². The molecule has 9 heteroatoms. The van der Waals surface area contributed by atoms with E-state index in [9.17, 15) is 18.7 Å². The maximum Gasteiger partial charge on any atom is 0.586 e. The Bertz CT molecular complexity index is 1040. The molecule has 2 N–H and O–H groups in total. The minimum absolute atomic E-state index is 0.0168. The van der Waals surface area contributed by atoms with Gasteiger partial charge in [-0.15, -0.1) is 8.78 Å².